The van der Waals surface area contributed by atoms with Gasteiger partial charge in [-0.1, -0.05) is 19.9 Å². The van der Waals surface area contributed by atoms with Gasteiger partial charge in [-0.25, -0.2) is 4.79 Å². The fourth-order valence-corrected chi connectivity index (χ4v) is 2.80. The van der Waals surface area contributed by atoms with Crippen LogP contribution in [0, 0.1) is 22.0 Å². The third kappa shape index (κ3) is 2.59. The molecule has 0 spiro atoms. The minimum absolute atomic E-state index is 0.146. The van der Waals surface area contributed by atoms with E-state index in [2.05, 4.69) is 19.2 Å². The van der Waals surface area contributed by atoms with E-state index in [0.29, 0.717) is 17.5 Å². The second-order valence-corrected chi connectivity index (χ2v) is 5.43. The highest BCUT2D eigenvalue weighted by molar-refractivity contribution is 5.95. The Morgan fingerprint density at radius 3 is 2.60 bits per heavy atom. The Balaban J connectivity index is 2.34. The van der Waals surface area contributed by atoms with E-state index in [4.69, 9.17) is 5.11 Å². The van der Waals surface area contributed by atoms with Crippen molar-refractivity contribution >= 4 is 17.3 Å². The van der Waals surface area contributed by atoms with Crippen molar-refractivity contribution in [1.82, 2.24) is 0 Å². The number of nitrogens with one attached hydrogen (secondary N) is 1. The third-order valence-corrected chi connectivity index (χ3v) is 4.26. The van der Waals surface area contributed by atoms with Crippen molar-refractivity contribution in [3.63, 3.8) is 0 Å². The van der Waals surface area contributed by atoms with E-state index in [9.17, 15) is 14.9 Å². The summed E-state index contributed by atoms with van der Waals surface area (Å²) in [6.07, 6.45) is 2.02. The smallest absolute Gasteiger partial charge is 0.342 e. The molecule has 2 N–H and O–H groups in total. The maximum atomic E-state index is 11.2. The van der Waals surface area contributed by atoms with Gasteiger partial charge in [0.15, 0.2) is 0 Å². The van der Waals surface area contributed by atoms with Crippen LogP contribution in [-0.4, -0.2) is 22.0 Å². The van der Waals surface area contributed by atoms with Crippen molar-refractivity contribution in [1.29, 1.82) is 0 Å². The van der Waals surface area contributed by atoms with E-state index in [-0.39, 0.29) is 17.3 Å². The maximum Gasteiger partial charge on any atom is 0.342 e. The van der Waals surface area contributed by atoms with E-state index in [0.717, 1.165) is 12.8 Å². The lowest BCUT2D eigenvalue weighted by atomic mass is 9.97. The highest BCUT2D eigenvalue weighted by Crippen LogP contribution is 2.36. The van der Waals surface area contributed by atoms with Gasteiger partial charge in [-0.3, -0.25) is 10.1 Å². The summed E-state index contributed by atoms with van der Waals surface area (Å²) in [6.45, 7) is 4.27. The van der Waals surface area contributed by atoms with Crippen LogP contribution >= 0.6 is 0 Å². The first-order chi connectivity index (χ1) is 9.41. The average molecular weight is 278 g/mol. The molecule has 6 heteroatoms. The number of carboxylic acid groups (broad SMARTS) is 1. The van der Waals surface area contributed by atoms with E-state index >= 15 is 0 Å². The number of carboxylic acids is 1. The van der Waals surface area contributed by atoms with Gasteiger partial charge in [0.05, 0.1) is 4.92 Å². The maximum absolute atomic E-state index is 11.2. The normalized spacial score (nSPS) is 25.4. The van der Waals surface area contributed by atoms with Crippen molar-refractivity contribution in [2.45, 2.75) is 32.7 Å². The second-order valence-electron chi connectivity index (χ2n) is 5.43. The minimum Gasteiger partial charge on any atom is -0.477 e. The monoisotopic (exact) mass is 278 g/mol. The zero-order valence-electron chi connectivity index (χ0n) is 11.5. The number of hydrogen-bond donors (Lipinski definition) is 2. The predicted octanol–water partition coefficient (Wildman–Crippen LogP) is 3.14. The highest BCUT2D eigenvalue weighted by atomic mass is 16.6. The number of nitrogens with zero attached hydrogens (tertiary/aromatic N) is 1. The van der Waals surface area contributed by atoms with Gasteiger partial charge in [-0.2, -0.15) is 0 Å². The second kappa shape index (κ2) is 5.48. The summed E-state index contributed by atoms with van der Waals surface area (Å²) in [6, 6.07) is 4.50. The Morgan fingerprint density at radius 1 is 1.40 bits per heavy atom. The van der Waals surface area contributed by atoms with E-state index < -0.39 is 10.9 Å². The number of para-hydroxylation sites is 1. The molecule has 20 heavy (non-hydrogen) atoms. The van der Waals surface area contributed by atoms with Crippen molar-refractivity contribution in [2.24, 2.45) is 11.8 Å². The Bertz CT molecular complexity index is 544. The number of nitro benzene ring substituents is 1. The summed E-state index contributed by atoms with van der Waals surface area (Å²) in [5.41, 5.74) is -0.341. The van der Waals surface area contributed by atoms with Crippen molar-refractivity contribution in [3.05, 3.63) is 33.9 Å². The summed E-state index contributed by atoms with van der Waals surface area (Å²) in [5, 5.41) is 23.4. The fraction of sp³-hybridized carbons (Fsp3) is 0.500. The van der Waals surface area contributed by atoms with Crippen LogP contribution in [0.1, 0.15) is 37.0 Å². The first kappa shape index (κ1) is 14.3. The summed E-state index contributed by atoms with van der Waals surface area (Å²) in [4.78, 5) is 21.6. The number of aromatic carboxylic acids is 1. The zero-order chi connectivity index (χ0) is 14.9. The van der Waals surface area contributed by atoms with Crippen LogP contribution in [0.3, 0.4) is 0 Å². The highest BCUT2D eigenvalue weighted by Gasteiger charge is 2.32. The van der Waals surface area contributed by atoms with Crippen molar-refractivity contribution in [3.8, 4) is 0 Å². The Hall–Kier alpha value is -2.11. The Labute approximate surface area is 117 Å². The van der Waals surface area contributed by atoms with Crippen LogP contribution in [0.2, 0.25) is 0 Å². The SMILES string of the molecule is CC1CCC(Nc2cccc(C(=O)O)c2[N+](=O)[O-])C1C. The molecule has 1 aromatic rings. The number of rotatable bonds is 4. The van der Waals surface area contributed by atoms with Gasteiger partial charge in [-0.15, -0.1) is 0 Å². The lowest BCUT2D eigenvalue weighted by molar-refractivity contribution is -0.384. The lowest BCUT2D eigenvalue weighted by Crippen LogP contribution is -2.24. The number of anilines is 1. The summed E-state index contributed by atoms with van der Waals surface area (Å²) >= 11 is 0. The molecule has 0 heterocycles. The Morgan fingerprint density at radius 2 is 2.10 bits per heavy atom. The van der Waals surface area contributed by atoms with Crippen LogP contribution in [0.25, 0.3) is 0 Å². The van der Waals surface area contributed by atoms with Gasteiger partial charge in [0.25, 0.3) is 0 Å². The first-order valence-corrected chi connectivity index (χ1v) is 6.69. The number of hydrogen-bond acceptors (Lipinski definition) is 4. The molecule has 0 amide bonds. The molecular formula is C14H18N2O4. The van der Waals surface area contributed by atoms with Crippen LogP contribution in [-0.2, 0) is 0 Å². The summed E-state index contributed by atoms with van der Waals surface area (Å²) < 4.78 is 0. The van der Waals surface area contributed by atoms with Gasteiger partial charge in [0, 0.05) is 6.04 Å². The molecule has 0 radical (unpaired) electrons. The van der Waals surface area contributed by atoms with E-state index in [1.54, 1.807) is 6.07 Å². The molecule has 6 nitrogen and oxygen atoms in total. The Kier molecular flexibility index (Phi) is 3.92. The van der Waals surface area contributed by atoms with E-state index in [1.165, 1.54) is 12.1 Å². The number of nitro groups is 1. The fourth-order valence-electron chi connectivity index (χ4n) is 2.80. The molecule has 0 aromatic heterocycles. The first-order valence-electron chi connectivity index (χ1n) is 6.69. The van der Waals surface area contributed by atoms with Crippen LogP contribution in [0.15, 0.2) is 18.2 Å². The molecule has 0 bridgehead atoms. The van der Waals surface area contributed by atoms with Crippen LogP contribution in [0.4, 0.5) is 11.4 Å². The predicted molar refractivity (Wildman–Crippen MR) is 75.0 cm³/mol. The summed E-state index contributed by atoms with van der Waals surface area (Å²) in [5.74, 6) is -0.314. The van der Waals surface area contributed by atoms with Gasteiger partial charge >= 0.3 is 11.7 Å². The molecule has 3 unspecified atom stereocenters. The molecule has 3 atom stereocenters. The summed E-state index contributed by atoms with van der Waals surface area (Å²) in [7, 11) is 0. The van der Waals surface area contributed by atoms with Crippen molar-refractivity contribution < 1.29 is 14.8 Å². The molecule has 1 saturated carbocycles. The van der Waals surface area contributed by atoms with Crippen molar-refractivity contribution in [2.75, 3.05) is 5.32 Å². The minimum atomic E-state index is -1.28. The van der Waals surface area contributed by atoms with Gasteiger partial charge in [0.1, 0.15) is 11.3 Å². The van der Waals surface area contributed by atoms with Crippen LogP contribution in [0.5, 0.6) is 0 Å². The van der Waals surface area contributed by atoms with Gasteiger partial charge in [-0.05, 0) is 36.8 Å². The molecule has 1 aliphatic rings. The number of carbonyl (C=O) groups is 1. The van der Waals surface area contributed by atoms with Gasteiger partial charge in [0.2, 0.25) is 0 Å². The zero-order valence-corrected chi connectivity index (χ0v) is 11.5. The topological polar surface area (TPSA) is 92.5 Å². The standard InChI is InChI=1S/C14H18N2O4/c1-8-6-7-11(9(8)2)15-12-5-3-4-10(14(17)18)13(12)16(19)20/h3-5,8-9,11,15H,6-7H2,1-2H3,(H,17,18). The quantitative estimate of drug-likeness (QED) is 0.652. The largest absolute Gasteiger partial charge is 0.477 e. The van der Waals surface area contributed by atoms with Crippen LogP contribution < -0.4 is 5.32 Å². The molecule has 0 saturated heterocycles. The molecule has 1 aliphatic carbocycles. The van der Waals surface area contributed by atoms with E-state index in [1.807, 2.05) is 0 Å². The molecule has 108 valence electrons. The van der Waals surface area contributed by atoms with Gasteiger partial charge < -0.3 is 10.4 Å². The molecular weight excluding hydrogens is 260 g/mol. The molecule has 0 aliphatic heterocycles. The average Bonchev–Trinajstić information content (AvgIpc) is 2.70. The molecule has 1 fully saturated rings. The number of benzene rings is 1. The third-order valence-electron chi connectivity index (χ3n) is 4.26. The lowest BCUT2D eigenvalue weighted by Gasteiger charge is -2.21. The molecule has 2 rings (SSSR count). The molecule has 1 aromatic carbocycles.